The summed E-state index contributed by atoms with van der Waals surface area (Å²) in [5, 5.41) is 1.26. The van der Waals surface area contributed by atoms with Crippen molar-refractivity contribution in [3.8, 4) is 5.75 Å². The summed E-state index contributed by atoms with van der Waals surface area (Å²) >= 11 is 0. The molecule has 0 aliphatic rings. The molecule has 0 aliphatic heterocycles. The molecule has 3 rings (SSSR count). The van der Waals surface area contributed by atoms with E-state index in [9.17, 15) is 0 Å². The van der Waals surface area contributed by atoms with Crippen molar-refractivity contribution >= 4 is 10.9 Å². The summed E-state index contributed by atoms with van der Waals surface area (Å²) in [4.78, 5) is 0. The second-order valence-electron chi connectivity index (χ2n) is 4.36. The Hall–Kier alpha value is -2.22. The molecule has 2 nitrogen and oxygen atoms in total. The topological polar surface area (TPSA) is 14.2 Å². The minimum absolute atomic E-state index is 0.592. The number of aryl methyl sites for hydroxylation is 1. The van der Waals surface area contributed by atoms with E-state index in [1.165, 1.54) is 16.6 Å². The lowest BCUT2D eigenvalue weighted by Crippen LogP contribution is -2.01. The van der Waals surface area contributed by atoms with E-state index in [1.54, 1.807) is 0 Å². The molecule has 0 unspecified atom stereocenters. The van der Waals surface area contributed by atoms with E-state index in [4.69, 9.17) is 4.74 Å². The lowest BCUT2D eigenvalue weighted by atomic mass is 10.2. The Labute approximate surface area is 106 Å². The smallest absolute Gasteiger partial charge is 0.128 e. The van der Waals surface area contributed by atoms with E-state index in [1.807, 2.05) is 30.3 Å². The number of hydrogen-bond donors (Lipinski definition) is 0. The van der Waals surface area contributed by atoms with Crippen LogP contribution < -0.4 is 4.74 Å². The molecule has 2 heteroatoms. The van der Waals surface area contributed by atoms with Gasteiger partial charge in [-0.25, -0.2) is 0 Å². The Bertz CT molecular complexity index is 655. The maximum absolute atomic E-state index is 5.78. The van der Waals surface area contributed by atoms with Crippen molar-refractivity contribution in [1.82, 2.24) is 4.57 Å². The lowest BCUT2D eigenvalue weighted by Gasteiger charge is -2.07. The van der Waals surface area contributed by atoms with Crippen LogP contribution >= 0.6 is 0 Å². The minimum Gasteiger partial charge on any atom is -0.487 e. The average Bonchev–Trinajstić information content (AvgIpc) is 2.75. The summed E-state index contributed by atoms with van der Waals surface area (Å²) < 4.78 is 7.96. The molecule has 0 saturated heterocycles. The SMILES string of the molecule is Cn1c(COc2ccccc2)cc2ccccc21. The van der Waals surface area contributed by atoms with Crippen molar-refractivity contribution in [2.75, 3.05) is 0 Å². The molecule has 0 saturated carbocycles. The quantitative estimate of drug-likeness (QED) is 0.676. The van der Waals surface area contributed by atoms with Crippen LogP contribution in [-0.4, -0.2) is 4.57 Å². The fourth-order valence-electron chi connectivity index (χ4n) is 2.16. The summed E-state index contributed by atoms with van der Waals surface area (Å²) in [7, 11) is 2.08. The van der Waals surface area contributed by atoms with Crippen LogP contribution in [0.5, 0.6) is 5.75 Å². The van der Waals surface area contributed by atoms with Gasteiger partial charge >= 0.3 is 0 Å². The molecular formula is C16H15NO. The average molecular weight is 237 g/mol. The molecule has 3 aromatic rings. The highest BCUT2D eigenvalue weighted by Crippen LogP contribution is 2.19. The zero-order valence-electron chi connectivity index (χ0n) is 10.3. The maximum Gasteiger partial charge on any atom is 0.128 e. The van der Waals surface area contributed by atoms with Crippen molar-refractivity contribution in [1.29, 1.82) is 0 Å². The zero-order chi connectivity index (χ0) is 12.4. The van der Waals surface area contributed by atoms with E-state index in [0.717, 1.165) is 5.75 Å². The molecule has 0 bridgehead atoms. The molecule has 0 N–H and O–H groups in total. The van der Waals surface area contributed by atoms with Gasteiger partial charge in [-0.2, -0.15) is 0 Å². The van der Waals surface area contributed by atoms with Gasteiger partial charge in [0.05, 0.1) is 5.69 Å². The van der Waals surface area contributed by atoms with Gasteiger partial charge in [0.15, 0.2) is 0 Å². The van der Waals surface area contributed by atoms with Crippen LogP contribution in [0.2, 0.25) is 0 Å². The molecule has 1 aromatic heterocycles. The van der Waals surface area contributed by atoms with Crippen LogP contribution in [0.15, 0.2) is 60.7 Å². The predicted octanol–water partition coefficient (Wildman–Crippen LogP) is 3.76. The largest absolute Gasteiger partial charge is 0.487 e. The van der Waals surface area contributed by atoms with Gasteiger partial charge in [-0.15, -0.1) is 0 Å². The van der Waals surface area contributed by atoms with Crippen LogP contribution in [0.1, 0.15) is 5.69 Å². The first kappa shape index (κ1) is 10.9. The number of aromatic nitrogens is 1. The van der Waals surface area contributed by atoms with Crippen molar-refractivity contribution in [2.45, 2.75) is 6.61 Å². The second-order valence-corrected chi connectivity index (χ2v) is 4.36. The van der Waals surface area contributed by atoms with Gasteiger partial charge in [-0.05, 0) is 29.7 Å². The highest BCUT2D eigenvalue weighted by atomic mass is 16.5. The first-order valence-electron chi connectivity index (χ1n) is 6.06. The third-order valence-electron chi connectivity index (χ3n) is 3.18. The Kier molecular flexibility index (Phi) is 2.77. The van der Waals surface area contributed by atoms with E-state index < -0.39 is 0 Å². The van der Waals surface area contributed by atoms with Crippen LogP contribution in [-0.2, 0) is 13.7 Å². The van der Waals surface area contributed by atoms with Gasteiger partial charge in [0.1, 0.15) is 12.4 Å². The van der Waals surface area contributed by atoms with Crippen molar-refractivity contribution in [3.05, 3.63) is 66.4 Å². The number of nitrogens with zero attached hydrogens (tertiary/aromatic N) is 1. The second kappa shape index (κ2) is 4.57. The molecule has 90 valence electrons. The van der Waals surface area contributed by atoms with Gasteiger partial charge in [-0.1, -0.05) is 36.4 Å². The molecular weight excluding hydrogens is 222 g/mol. The predicted molar refractivity (Wildman–Crippen MR) is 73.7 cm³/mol. The third-order valence-corrected chi connectivity index (χ3v) is 3.18. The number of rotatable bonds is 3. The molecule has 0 amide bonds. The van der Waals surface area contributed by atoms with E-state index in [2.05, 4.69) is 41.9 Å². The number of para-hydroxylation sites is 2. The number of fused-ring (bicyclic) bond motifs is 1. The summed E-state index contributed by atoms with van der Waals surface area (Å²) in [5.74, 6) is 0.905. The lowest BCUT2D eigenvalue weighted by molar-refractivity contribution is 0.298. The zero-order valence-corrected chi connectivity index (χ0v) is 10.3. The normalized spacial score (nSPS) is 10.7. The Morgan fingerprint density at radius 1 is 0.944 bits per heavy atom. The summed E-state index contributed by atoms with van der Waals surface area (Å²) in [6.07, 6.45) is 0. The molecule has 0 aliphatic carbocycles. The van der Waals surface area contributed by atoms with Crippen LogP contribution in [0.4, 0.5) is 0 Å². The Morgan fingerprint density at radius 2 is 1.67 bits per heavy atom. The Morgan fingerprint density at radius 3 is 2.44 bits per heavy atom. The standard InChI is InChI=1S/C16H15NO/c1-17-14(11-13-7-5-6-10-16(13)17)12-18-15-8-3-2-4-9-15/h2-11H,12H2,1H3. The first-order valence-corrected chi connectivity index (χ1v) is 6.06. The molecule has 2 aromatic carbocycles. The van der Waals surface area contributed by atoms with Crippen LogP contribution in [0, 0.1) is 0 Å². The van der Waals surface area contributed by atoms with Crippen LogP contribution in [0.3, 0.4) is 0 Å². The highest BCUT2D eigenvalue weighted by Gasteiger charge is 2.05. The summed E-state index contributed by atoms with van der Waals surface area (Å²) in [6, 6.07) is 20.5. The van der Waals surface area contributed by atoms with E-state index in [-0.39, 0.29) is 0 Å². The van der Waals surface area contributed by atoms with E-state index in [0.29, 0.717) is 6.61 Å². The monoisotopic (exact) mass is 237 g/mol. The van der Waals surface area contributed by atoms with Crippen molar-refractivity contribution in [2.24, 2.45) is 7.05 Å². The van der Waals surface area contributed by atoms with Gasteiger partial charge in [0.2, 0.25) is 0 Å². The molecule has 0 spiro atoms. The molecule has 0 fully saturated rings. The first-order chi connectivity index (χ1) is 8.84. The number of hydrogen-bond acceptors (Lipinski definition) is 1. The highest BCUT2D eigenvalue weighted by molar-refractivity contribution is 5.81. The molecule has 0 atom stereocenters. The summed E-state index contributed by atoms with van der Waals surface area (Å²) in [5.41, 5.74) is 2.42. The molecule has 18 heavy (non-hydrogen) atoms. The van der Waals surface area contributed by atoms with Gasteiger partial charge in [0, 0.05) is 12.6 Å². The fraction of sp³-hybridized carbons (Fsp3) is 0.125. The fourth-order valence-corrected chi connectivity index (χ4v) is 2.16. The number of benzene rings is 2. The number of ether oxygens (including phenoxy) is 1. The molecule has 1 heterocycles. The van der Waals surface area contributed by atoms with Gasteiger partial charge in [-0.3, -0.25) is 0 Å². The maximum atomic E-state index is 5.78. The van der Waals surface area contributed by atoms with E-state index >= 15 is 0 Å². The van der Waals surface area contributed by atoms with Crippen molar-refractivity contribution in [3.63, 3.8) is 0 Å². The Balaban J connectivity index is 1.85. The van der Waals surface area contributed by atoms with Gasteiger partial charge in [0.25, 0.3) is 0 Å². The van der Waals surface area contributed by atoms with Crippen molar-refractivity contribution < 1.29 is 4.74 Å². The molecule has 0 radical (unpaired) electrons. The van der Waals surface area contributed by atoms with Gasteiger partial charge < -0.3 is 9.30 Å². The minimum atomic E-state index is 0.592. The third kappa shape index (κ3) is 1.97. The summed E-state index contributed by atoms with van der Waals surface area (Å²) in [6.45, 7) is 0.592. The van der Waals surface area contributed by atoms with Crippen LogP contribution in [0.25, 0.3) is 10.9 Å².